The monoisotopic (exact) mass is 278 g/mol. The third-order valence-electron chi connectivity index (χ3n) is 4.46. The van der Waals surface area contributed by atoms with E-state index in [2.05, 4.69) is 21.7 Å². The molecule has 4 nitrogen and oxygen atoms in total. The molecule has 1 aliphatic rings. The molecule has 0 bridgehead atoms. The maximum Gasteiger partial charge on any atom is 0.133 e. The number of unbranched alkanes of at least 4 members (excludes halogenated alkanes) is 6. The molecular weight excluding hydrogens is 248 g/mol. The predicted molar refractivity (Wildman–Crippen MR) is 82.6 cm³/mol. The Balaban J connectivity index is 1.70. The molecule has 1 aromatic rings. The highest BCUT2D eigenvalue weighted by molar-refractivity contribution is 5.00. The van der Waals surface area contributed by atoms with E-state index in [1.807, 2.05) is 0 Å². The van der Waals surface area contributed by atoms with Crippen LogP contribution in [0.1, 0.15) is 69.9 Å². The second-order valence-corrected chi connectivity index (χ2v) is 6.15. The number of nitrogens with zero attached hydrogens (tertiary/aromatic N) is 3. The molecule has 0 spiro atoms. The van der Waals surface area contributed by atoms with E-state index in [4.69, 9.17) is 5.73 Å². The van der Waals surface area contributed by atoms with Gasteiger partial charge in [-0.3, -0.25) is 0 Å². The van der Waals surface area contributed by atoms with Crippen LogP contribution in [0.5, 0.6) is 0 Å². The fraction of sp³-hybridized carbons (Fsp3) is 0.875. The Labute approximate surface area is 123 Å². The molecule has 0 fully saturated rings. The molecule has 1 atom stereocenters. The van der Waals surface area contributed by atoms with Crippen LogP contribution in [0.4, 0.5) is 0 Å². The summed E-state index contributed by atoms with van der Waals surface area (Å²) in [4.78, 5) is 0. The molecule has 1 aromatic heterocycles. The third-order valence-corrected chi connectivity index (χ3v) is 4.46. The largest absolute Gasteiger partial charge is 0.330 e. The van der Waals surface area contributed by atoms with Gasteiger partial charge in [-0.15, -0.1) is 10.2 Å². The Morgan fingerprint density at radius 3 is 2.60 bits per heavy atom. The van der Waals surface area contributed by atoms with Gasteiger partial charge in [0, 0.05) is 19.4 Å². The van der Waals surface area contributed by atoms with Gasteiger partial charge < -0.3 is 10.3 Å². The summed E-state index contributed by atoms with van der Waals surface area (Å²) < 4.78 is 2.33. The van der Waals surface area contributed by atoms with Crippen molar-refractivity contribution in [2.75, 3.05) is 6.54 Å². The normalized spacial score (nSPS) is 18.2. The maximum absolute atomic E-state index is 5.80. The molecule has 20 heavy (non-hydrogen) atoms. The van der Waals surface area contributed by atoms with E-state index < -0.39 is 0 Å². The van der Waals surface area contributed by atoms with Gasteiger partial charge in [-0.25, -0.2) is 0 Å². The quantitative estimate of drug-likeness (QED) is 0.706. The number of rotatable bonds is 9. The van der Waals surface area contributed by atoms with Gasteiger partial charge in [0.1, 0.15) is 11.6 Å². The number of nitrogens with two attached hydrogens (primary N) is 1. The van der Waals surface area contributed by atoms with Gasteiger partial charge in [0.25, 0.3) is 0 Å². The van der Waals surface area contributed by atoms with Crippen LogP contribution in [0.2, 0.25) is 0 Å². The van der Waals surface area contributed by atoms with Gasteiger partial charge in [-0.1, -0.05) is 45.4 Å². The summed E-state index contributed by atoms with van der Waals surface area (Å²) in [5.74, 6) is 2.98. The summed E-state index contributed by atoms with van der Waals surface area (Å²) in [6, 6.07) is 0. The van der Waals surface area contributed by atoms with Crippen LogP contribution < -0.4 is 5.73 Å². The van der Waals surface area contributed by atoms with Crippen molar-refractivity contribution in [2.45, 2.75) is 77.7 Å². The number of hydrogen-bond donors (Lipinski definition) is 1. The molecule has 4 heteroatoms. The molecule has 1 unspecified atom stereocenters. The molecule has 0 aromatic carbocycles. The zero-order valence-electron chi connectivity index (χ0n) is 13.0. The SMILES string of the molecule is CCCCCCCCCc1nnc2n1CC(CN)CC2. The van der Waals surface area contributed by atoms with Gasteiger partial charge in [0.05, 0.1) is 0 Å². The minimum absolute atomic E-state index is 0.617. The lowest BCUT2D eigenvalue weighted by molar-refractivity contribution is 0.366. The highest BCUT2D eigenvalue weighted by Gasteiger charge is 2.21. The first-order valence-corrected chi connectivity index (χ1v) is 8.46. The Bertz CT molecular complexity index is 386. The smallest absolute Gasteiger partial charge is 0.133 e. The number of hydrogen-bond acceptors (Lipinski definition) is 3. The number of aromatic nitrogens is 3. The molecule has 2 heterocycles. The highest BCUT2D eigenvalue weighted by Crippen LogP contribution is 2.20. The highest BCUT2D eigenvalue weighted by atomic mass is 15.3. The van der Waals surface area contributed by atoms with Crippen molar-refractivity contribution in [2.24, 2.45) is 11.7 Å². The van der Waals surface area contributed by atoms with Crippen molar-refractivity contribution in [1.82, 2.24) is 14.8 Å². The lowest BCUT2D eigenvalue weighted by Crippen LogP contribution is -2.27. The van der Waals surface area contributed by atoms with Gasteiger partial charge in [0.15, 0.2) is 0 Å². The molecule has 0 aliphatic carbocycles. The predicted octanol–water partition coefficient (Wildman–Crippen LogP) is 3.09. The lowest BCUT2D eigenvalue weighted by Gasteiger charge is -2.22. The van der Waals surface area contributed by atoms with Crippen molar-refractivity contribution in [3.63, 3.8) is 0 Å². The van der Waals surface area contributed by atoms with E-state index in [-0.39, 0.29) is 0 Å². The van der Waals surface area contributed by atoms with E-state index in [9.17, 15) is 0 Å². The first kappa shape index (κ1) is 15.5. The Morgan fingerprint density at radius 1 is 1.10 bits per heavy atom. The van der Waals surface area contributed by atoms with Gasteiger partial charge >= 0.3 is 0 Å². The second-order valence-electron chi connectivity index (χ2n) is 6.15. The molecule has 0 radical (unpaired) electrons. The summed E-state index contributed by atoms with van der Waals surface area (Å²) in [6.07, 6.45) is 12.7. The van der Waals surface area contributed by atoms with Crippen molar-refractivity contribution >= 4 is 0 Å². The van der Waals surface area contributed by atoms with Crippen LogP contribution >= 0.6 is 0 Å². The average Bonchev–Trinajstić information content (AvgIpc) is 2.88. The lowest BCUT2D eigenvalue weighted by atomic mass is 9.99. The zero-order chi connectivity index (χ0) is 14.2. The third kappa shape index (κ3) is 4.30. The molecule has 1 aliphatic heterocycles. The summed E-state index contributed by atoms with van der Waals surface area (Å²) in [5.41, 5.74) is 5.80. The summed E-state index contributed by atoms with van der Waals surface area (Å²) in [7, 11) is 0. The maximum atomic E-state index is 5.80. The van der Waals surface area contributed by atoms with E-state index in [0.717, 1.165) is 25.9 Å². The van der Waals surface area contributed by atoms with Crippen LogP contribution in [0, 0.1) is 5.92 Å². The van der Waals surface area contributed by atoms with E-state index in [0.29, 0.717) is 5.92 Å². The molecule has 2 N–H and O–H groups in total. The molecule has 0 amide bonds. The van der Waals surface area contributed by atoms with Gasteiger partial charge in [-0.2, -0.15) is 0 Å². The van der Waals surface area contributed by atoms with Crippen LogP contribution in [-0.2, 0) is 19.4 Å². The summed E-state index contributed by atoms with van der Waals surface area (Å²) in [6.45, 7) is 4.09. The van der Waals surface area contributed by atoms with Crippen molar-refractivity contribution in [3.8, 4) is 0 Å². The minimum atomic E-state index is 0.617. The summed E-state index contributed by atoms with van der Waals surface area (Å²) in [5, 5.41) is 8.72. The van der Waals surface area contributed by atoms with Gasteiger partial charge in [-0.05, 0) is 25.3 Å². The van der Waals surface area contributed by atoms with Crippen molar-refractivity contribution in [3.05, 3.63) is 11.6 Å². The van der Waals surface area contributed by atoms with E-state index in [1.165, 1.54) is 63.0 Å². The molecule has 0 saturated heterocycles. The number of fused-ring (bicyclic) bond motifs is 1. The fourth-order valence-electron chi connectivity index (χ4n) is 3.07. The summed E-state index contributed by atoms with van der Waals surface area (Å²) >= 11 is 0. The standard InChI is InChI=1S/C16H30N4/c1-2-3-4-5-6-7-8-9-15-18-19-16-11-10-14(12-17)13-20(15)16/h14H,2-13,17H2,1H3. The number of aryl methyl sites for hydroxylation is 2. The second kappa shape index (κ2) is 8.40. The van der Waals surface area contributed by atoms with Crippen LogP contribution in [-0.4, -0.2) is 21.3 Å². The fourth-order valence-corrected chi connectivity index (χ4v) is 3.07. The Hall–Kier alpha value is -0.900. The first-order valence-electron chi connectivity index (χ1n) is 8.46. The Morgan fingerprint density at radius 2 is 1.85 bits per heavy atom. The van der Waals surface area contributed by atoms with Crippen LogP contribution in [0.15, 0.2) is 0 Å². The first-order chi connectivity index (χ1) is 9.85. The molecule has 2 rings (SSSR count). The van der Waals surface area contributed by atoms with E-state index >= 15 is 0 Å². The molecular formula is C16H30N4. The van der Waals surface area contributed by atoms with Crippen LogP contribution in [0.3, 0.4) is 0 Å². The molecule has 0 saturated carbocycles. The molecule has 114 valence electrons. The van der Waals surface area contributed by atoms with Crippen LogP contribution in [0.25, 0.3) is 0 Å². The zero-order valence-corrected chi connectivity index (χ0v) is 13.0. The van der Waals surface area contributed by atoms with Gasteiger partial charge in [0.2, 0.25) is 0 Å². The minimum Gasteiger partial charge on any atom is -0.330 e. The Kier molecular flexibility index (Phi) is 6.51. The topological polar surface area (TPSA) is 56.7 Å². The average molecular weight is 278 g/mol. The van der Waals surface area contributed by atoms with Crippen molar-refractivity contribution < 1.29 is 0 Å². The van der Waals surface area contributed by atoms with E-state index in [1.54, 1.807) is 0 Å². The van der Waals surface area contributed by atoms with Crippen molar-refractivity contribution in [1.29, 1.82) is 0 Å².